The van der Waals surface area contributed by atoms with Gasteiger partial charge in [-0.3, -0.25) is 9.59 Å². The van der Waals surface area contributed by atoms with Crippen LogP contribution in [0.3, 0.4) is 0 Å². The van der Waals surface area contributed by atoms with E-state index in [0.29, 0.717) is 17.0 Å². The number of carbonyl (C=O) groups excluding carboxylic acids is 2. The summed E-state index contributed by atoms with van der Waals surface area (Å²) < 4.78 is 0.849. The summed E-state index contributed by atoms with van der Waals surface area (Å²) >= 11 is 3.33. The zero-order valence-electron chi connectivity index (χ0n) is 9.74. The zero-order valence-corrected chi connectivity index (χ0v) is 11.3. The van der Waals surface area contributed by atoms with Crippen molar-refractivity contribution in [2.24, 2.45) is 0 Å². The molecular weight excluding hydrogens is 284 g/mol. The van der Waals surface area contributed by atoms with Crippen molar-refractivity contribution < 1.29 is 9.59 Å². The van der Waals surface area contributed by atoms with Crippen LogP contribution in [0.4, 0.5) is 5.82 Å². The lowest BCUT2D eigenvalue weighted by Crippen LogP contribution is -2.32. The Morgan fingerprint density at radius 3 is 2.12 bits per heavy atom. The molecule has 5 heteroatoms. The molecule has 2 amide bonds. The van der Waals surface area contributed by atoms with E-state index in [0.717, 1.165) is 14.9 Å². The zero-order chi connectivity index (χ0) is 12.7. The Morgan fingerprint density at radius 1 is 1.12 bits per heavy atom. The van der Waals surface area contributed by atoms with Crippen molar-refractivity contribution in [1.82, 2.24) is 4.98 Å². The van der Waals surface area contributed by atoms with Gasteiger partial charge in [0, 0.05) is 21.8 Å². The summed E-state index contributed by atoms with van der Waals surface area (Å²) in [6.07, 6.45) is 1.59. The molecule has 0 radical (unpaired) electrons. The van der Waals surface area contributed by atoms with Crippen LogP contribution in [0.5, 0.6) is 0 Å². The molecule has 2 heterocycles. The smallest absolute Gasteiger partial charge is 0.262 e. The van der Waals surface area contributed by atoms with Crippen molar-refractivity contribution in [3.05, 3.63) is 33.4 Å². The summed E-state index contributed by atoms with van der Waals surface area (Å²) in [5.41, 5.74) is 1.90. The molecule has 1 aromatic heterocycles. The van der Waals surface area contributed by atoms with Crippen molar-refractivity contribution in [2.75, 3.05) is 4.90 Å². The molecule has 1 aromatic rings. The second-order valence-electron chi connectivity index (χ2n) is 3.99. The van der Waals surface area contributed by atoms with E-state index >= 15 is 0 Å². The van der Waals surface area contributed by atoms with E-state index in [1.165, 1.54) is 0 Å². The molecule has 88 valence electrons. The van der Waals surface area contributed by atoms with Gasteiger partial charge >= 0.3 is 0 Å². The van der Waals surface area contributed by atoms with Crippen LogP contribution >= 0.6 is 15.9 Å². The average molecular weight is 295 g/mol. The first-order valence-electron chi connectivity index (χ1n) is 5.12. The minimum atomic E-state index is -0.290. The molecule has 0 aliphatic carbocycles. The summed E-state index contributed by atoms with van der Waals surface area (Å²) in [5, 5.41) is 0. The number of amides is 2. The topological polar surface area (TPSA) is 50.3 Å². The standard InChI is InChI=1S/C12H11BrN2O2/c1-6-4-10(14-5-9(6)13)15-11(16)7(2)8(3)12(15)17/h4-5H,1-3H3. The predicted octanol–water partition coefficient (Wildman–Crippen LogP) is 2.36. The van der Waals surface area contributed by atoms with Gasteiger partial charge in [-0.05, 0) is 48.3 Å². The van der Waals surface area contributed by atoms with E-state index in [9.17, 15) is 9.59 Å². The summed E-state index contributed by atoms with van der Waals surface area (Å²) in [6, 6.07) is 1.71. The maximum Gasteiger partial charge on any atom is 0.262 e. The van der Waals surface area contributed by atoms with E-state index in [4.69, 9.17) is 0 Å². The third-order valence-corrected chi connectivity index (χ3v) is 3.70. The average Bonchev–Trinajstić information content (AvgIpc) is 2.48. The monoisotopic (exact) mass is 294 g/mol. The molecule has 1 aliphatic heterocycles. The van der Waals surface area contributed by atoms with Crippen molar-refractivity contribution in [1.29, 1.82) is 0 Å². The van der Waals surface area contributed by atoms with E-state index in [2.05, 4.69) is 20.9 Å². The fraction of sp³-hybridized carbons (Fsp3) is 0.250. The number of anilines is 1. The highest BCUT2D eigenvalue weighted by atomic mass is 79.9. The van der Waals surface area contributed by atoms with E-state index in [1.54, 1.807) is 26.1 Å². The fourth-order valence-corrected chi connectivity index (χ4v) is 1.82. The highest BCUT2D eigenvalue weighted by Gasteiger charge is 2.35. The van der Waals surface area contributed by atoms with Gasteiger partial charge in [-0.1, -0.05) is 0 Å². The molecule has 4 nitrogen and oxygen atoms in total. The molecule has 0 atom stereocenters. The second kappa shape index (κ2) is 4.07. The van der Waals surface area contributed by atoms with Gasteiger partial charge < -0.3 is 0 Å². The molecular formula is C12H11BrN2O2. The number of hydrogen-bond donors (Lipinski definition) is 0. The number of hydrogen-bond acceptors (Lipinski definition) is 3. The quantitative estimate of drug-likeness (QED) is 0.747. The summed E-state index contributed by atoms with van der Waals surface area (Å²) in [7, 11) is 0. The van der Waals surface area contributed by atoms with Crippen LogP contribution < -0.4 is 4.90 Å². The van der Waals surface area contributed by atoms with Gasteiger partial charge in [0.05, 0.1) is 0 Å². The number of imide groups is 1. The van der Waals surface area contributed by atoms with E-state index < -0.39 is 0 Å². The van der Waals surface area contributed by atoms with Crippen molar-refractivity contribution in [3.63, 3.8) is 0 Å². The van der Waals surface area contributed by atoms with Gasteiger partial charge in [-0.2, -0.15) is 0 Å². The van der Waals surface area contributed by atoms with Crippen LogP contribution in [-0.4, -0.2) is 16.8 Å². The number of carbonyl (C=O) groups is 2. The predicted molar refractivity (Wildman–Crippen MR) is 67.5 cm³/mol. The van der Waals surface area contributed by atoms with Crippen LogP contribution in [0.2, 0.25) is 0 Å². The third kappa shape index (κ3) is 1.80. The fourth-order valence-electron chi connectivity index (χ4n) is 1.60. The van der Waals surface area contributed by atoms with Crippen LogP contribution in [0.25, 0.3) is 0 Å². The summed E-state index contributed by atoms with van der Waals surface area (Å²) in [4.78, 5) is 29.1. The lowest BCUT2D eigenvalue weighted by Gasteiger charge is -2.14. The minimum absolute atomic E-state index is 0.290. The van der Waals surface area contributed by atoms with Crippen LogP contribution in [0.15, 0.2) is 27.9 Å². The normalized spacial score (nSPS) is 16.1. The van der Waals surface area contributed by atoms with Crippen molar-refractivity contribution >= 4 is 33.6 Å². The van der Waals surface area contributed by atoms with E-state index in [1.807, 2.05) is 6.92 Å². The maximum absolute atomic E-state index is 11.9. The Morgan fingerprint density at radius 2 is 1.65 bits per heavy atom. The van der Waals surface area contributed by atoms with Crippen LogP contribution in [-0.2, 0) is 9.59 Å². The molecule has 17 heavy (non-hydrogen) atoms. The van der Waals surface area contributed by atoms with Gasteiger partial charge in [-0.15, -0.1) is 0 Å². The maximum atomic E-state index is 11.9. The Labute approximate surface area is 107 Å². The minimum Gasteiger partial charge on any atom is -0.269 e. The summed E-state index contributed by atoms with van der Waals surface area (Å²) in [6.45, 7) is 5.19. The molecule has 0 saturated heterocycles. The number of nitrogens with zero attached hydrogens (tertiary/aromatic N) is 2. The Hall–Kier alpha value is -1.49. The molecule has 0 spiro atoms. The number of aryl methyl sites for hydroxylation is 1. The molecule has 0 bridgehead atoms. The SMILES string of the molecule is CC1=C(C)C(=O)N(c2cc(C)c(Br)cn2)C1=O. The first-order valence-corrected chi connectivity index (χ1v) is 5.91. The third-order valence-electron chi connectivity index (χ3n) is 2.87. The molecule has 0 fully saturated rings. The molecule has 2 rings (SSSR count). The summed E-state index contributed by atoms with van der Waals surface area (Å²) in [5.74, 6) is -0.208. The number of rotatable bonds is 1. The lowest BCUT2D eigenvalue weighted by atomic mass is 10.2. The van der Waals surface area contributed by atoms with E-state index in [-0.39, 0.29) is 11.8 Å². The van der Waals surface area contributed by atoms with Gasteiger partial charge in [0.1, 0.15) is 5.82 Å². The van der Waals surface area contributed by atoms with Gasteiger partial charge in [0.25, 0.3) is 11.8 Å². The molecule has 0 N–H and O–H groups in total. The number of aromatic nitrogens is 1. The van der Waals surface area contributed by atoms with Gasteiger partial charge in [-0.25, -0.2) is 9.88 Å². The van der Waals surface area contributed by atoms with Crippen LogP contribution in [0.1, 0.15) is 19.4 Å². The highest BCUT2D eigenvalue weighted by Crippen LogP contribution is 2.27. The highest BCUT2D eigenvalue weighted by molar-refractivity contribution is 9.10. The largest absolute Gasteiger partial charge is 0.269 e. The van der Waals surface area contributed by atoms with Crippen molar-refractivity contribution in [2.45, 2.75) is 20.8 Å². The number of pyridine rings is 1. The molecule has 0 unspecified atom stereocenters. The first-order chi connectivity index (χ1) is 7.93. The molecule has 0 saturated carbocycles. The number of halogens is 1. The van der Waals surface area contributed by atoms with Crippen LogP contribution in [0, 0.1) is 6.92 Å². The molecule has 1 aliphatic rings. The Bertz CT molecular complexity index is 540. The lowest BCUT2D eigenvalue weighted by molar-refractivity contribution is -0.120. The Kier molecular flexibility index (Phi) is 2.87. The Balaban J connectivity index is 2.47. The van der Waals surface area contributed by atoms with Gasteiger partial charge in [0.2, 0.25) is 0 Å². The molecule has 0 aromatic carbocycles. The second-order valence-corrected chi connectivity index (χ2v) is 4.84. The van der Waals surface area contributed by atoms with Gasteiger partial charge in [0.15, 0.2) is 0 Å². The first kappa shape index (κ1) is 12.0. The van der Waals surface area contributed by atoms with Crippen molar-refractivity contribution in [3.8, 4) is 0 Å².